The van der Waals surface area contributed by atoms with E-state index in [-0.39, 0.29) is 5.91 Å². The summed E-state index contributed by atoms with van der Waals surface area (Å²) in [6.07, 6.45) is 3.48. The van der Waals surface area contributed by atoms with Crippen molar-refractivity contribution in [3.63, 3.8) is 0 Å². The van der Waals surface area contributed by atoms with Gasteiger partial charge in [-0.1, -0.05) is 18.2 Å². The summed E-state index contributed by atoms with van der Waals surface area (Å²) in [7, 11) is 1.64. The minimum atomic E-state index is 0.0480. The molecule has 1 saturated heterocycles. The molecule has 2 aliphatic rings. The average Bonchev–Trinajstić information content (AvgIpc) is 2.78. The van der Waals surface area contributed by atoms with E-state index in [0.29, 0.717) is 13.2 Å². The molecule has 6 heteroatoms. The Labute approximate surface area is 171 Å². The molecular formula is C23H26N2O4. The van der Waals surface area contributed by atoms with E-state index in [1.807, 2.05) is 41.3 Å². The first kappa shape index (κ1) is 19.3. The van der Waals surface area contributed by atoms with Crippen LogP contribution in [0.3, 0.4) is 0 Å². The molecule has 0 N–H and O–H groups in total. The molecular weight excluding hydrogens is 368 g/mol. The van der Waals surface area contributed by atoms with Gasteiger partial charge >= 0.3 is 0 Å². The molecule has 0 aromatic heterocycles. The van der Waals surface area contributed by atoms with Crippen LogP contribution >= 0.6 is 0 Å². The van der Waals surface area contributed by atoms with Crippen LogP contribution in [0.5, 0.6) is 17.2 Å². The third-order valence-corrected chi connectivity index (χ3v) is 5.21. The van der Waals surface area contributed by atoms with Crippen LogP contribution in [0.4, 0.5) is 0 Å². The largest absolute Gasteiger partial charge is 0.497 e. The molecule has 2 aliphatic heterocycles. The number of hydrogen-bond acceptors (Lipinski definition) is 5. The number of fused-ring (bicyclic) bond motifs is 1. The van der Waals surface area contributed by atoms with Gasteiger partial charge < -0.3 is 19.1 Å². The van der Waals surface area contributed by atoms with Crippen molar-refractivity contribution in [1.82, 2.24) is 9.80 Å². The van der Waals surface area contributed by atoms with Gasteiger partial charge in [0, 0.05) is 38.8 Å². The molecule has 2 aromatic carbocycles. The normalized spacial score (nSPS) is 16.8. The highest BCUT2D eigenvalue weighted by Crippen LogP contribution is 2.31. The molecule has 29 heavy (non-hydrogen) atoms. The van der Waals surface area contributed by atoms with Crippen molar-refractivity contribution < 1.29 is 19.0 Å². The Hall–Kier alpha value is -2.99. The lowest BCUT2D eigenvalue weighted by atomic mass is 10.1. The molecule has 4 rings (SSSR count). The SMILES string of the molecule is COc1cccc(/C=C/C(=O)N2CCN(Cc3ccc4c(c3)OCCO4)CC2)c1. The summed E-state index contributed by atoms with van der Waals surface area (Å²) >= 11 is 0. The highest BCUT2D eigenvalue weighted by Gasteiger charge is 2.20. The number of piperazine rings is 1. The number of ether oxygens (including phenoxy) is 3. The summed E-state index contributed by atoms with van der Waals surface area (Å²) < 4.78 is 16.5. The van der Waals surface area contributed by atoms with Gasteiger partial charge in [-0.15, -0.1) is 0 Å². The second-order valence-corrected chi connectivity index (χ2v) is 7.19. The van der Waals surface area contributed by atoms with E-state index >= 15 is 0 Å². The number of methoxy groups -OCH3 is 1. The van der Waals surface area contributed by atoms with Crippen molar-refractivity contribution in [3.8, 4) is 17.2 Å². The standard InChI is InChI=1S/C23H26N2O4/c1-27-20-4-2-3-18(15-20)6-8-23(26)25-11-9-24(10-12-25)17-19-5-7-21-22(16-19)29-14-13-28-21/h2-8,15-16H,9-14,17H2,1H3/b8-6+. The number of amides is 1. The number of rotatable bonds is 5. The third-order valence-electron chi connectivity index (χ3n) is 5.21. The zero-order valence-electron chi connectivity index (χ0n) is 16.7. The first-order valence-electron chi connectivity index (χ1n) is 9.93. The summed E-state index contributed by atoms with van der Waals surface area (Å²) in [5, 5.41) is 0. The molecule has 1 amide bonds. The maximum Gasteiger partial charge on any atom is 0.246 e. The van der Waals surface area contributed by atoms with Crippen molar-refractivity contribution in [2.24, 2.45) is 0 Å². The van der Waals surface area contributed by atoms with Gasteiger partial charge in [0.25, 0.3) is 0 Å². The van der Waals surface area contributed by atoms with Crippen LogP contribution in [0.25, 0.3) is 6.08 Å². The lowest BCUT2D eigenvalue weighted by Crippen LogP contribution is -2.47. The number of carbonyl (C=O) groups is 1. The molecule has 152 valence electrons. The summed E-state index contributed by atoms with van der Waals surface area (Å²) in [5.41, 5.74) is 2.15. The van der Waals surface area contributed by atoms with E-state index in [2.05, 4.69) is 17.0 Å². The first-order valence-corrected chi connectivity index (χ1v) is 9.93. The molecule has 0 bridgehead atoms. The number of carbonyl (C=O) groups excluding carboxylic acids is 1. The number of nitrogens with zero attached hydrogens (tertiary/aromatic N) is 2. The van der Waals surface area contributed by atoms with E-state index in [1.54, 1.807) is 13.2 Å². The summed E-state index contributed by atoms with van der Waals surface area (Å²) in [6.45, 7) is 5.21. The fourth-order valence-corrected chi connectivity index (χ4v) is 3.59. The Morgan fingerprint density at radius 1 is 1.03 bits per heavy atom. The molecule has 0 aliphatic carbocycles. The van der Waals surface area contributed by atoms with Crippen molar-refractivity contribution >= 4 is 12.0 Å². The lowest BCUT2D eigenvalue weighted by Gasteiger charge is -2.34. The smallest absolute Gasteiger partial charge is 0.246 e. The van der Waals surface area contributed by atoms with E-state index in [9.17, 15) is 4.79 Å². The fraction of sp³-hybridized carbons (Fsp3) is 0.348. The molecule has 0 radical (unpaired) electrons. The van der Waals surface area contributed by atoms with Crippen LogP contribution < -0.4 is 14.2 Å². The molecule has 1 fully saturated rings. The number of hydrogen-bond donors (Lipinski definition) is 0. The maximum atomic E-state index is 12.5. The van der Waals surface area contributed by atoms with Crippen LogP contribution in [0.1, 0.15) is 11.1 Å². The molecule has 6 nitrogen and oxygen atoms in total. The van der Waals surface area contributed by atoms with E-state index < -0.39 is 0 Å². The highest BCUT2D eigenvalue weighted by molar-refractivity contribution is 5.91. The lowest BCUT2D eigenvalue weighted by molar-refractivity contribution is -0.127. The van der Waals surface area contributed by atoms with Crippen molar-refractivity contribution in [2.45, 2.75) is 6.54 Å². The van der Waals surface area contributed by atoms with Gasteiger partial charge in [-0.25, -0.2) is 0 Å². The van der Waals surface area contributed by atoms with Crippen LogP contribution in [0, 0.1) is 0 Å². The number of benzene rings is 2. The Kier molecular flexibility index (Phi) is 6.00. The first-order chi connectivity index (χ1) is 14.2. The van der Waals surface area contributed by atoms with E-state index in [1.165, 1.54) is 5.56 Å². The van der Waals surface area contributed by atoms with Crippen LogP contribution in [0.15, 0.2) is 48.5 Å². The quantitative estimate of drug-likeness (QED) is 0.730. The third kappa shape index (κ3) is 4.90. The van der Waals surface area contributed by atoms with Gasteiger partial charge in [0.15, 0.2) is 11.5 Å². The van der Waals surface area contributed by atoms with Crippen LogP contribution in [-0.4, -0.2) is 62.2 Å². The maximum absolute atomic E-state index is 12.5. The molecule has 0 atom stereocenters. The fourth-order valence-electron chi connectivity index (χ4n) is 3.59. The topological polar surface area (TPSA) is 51.2 Å². The van der Waals surface area contributed by atoms with Crippen molar-refractivity contribution in [1.29, 1.82) is 0 Å². The monoisotopic (exact) mass is 394 g/mol. The summed E-state index contributed by atoms with van der Waals surface area (Å²) in [6, 6.07) is 13.8. The minimum absolute atomic E-state index is 0.0480. The Morgan fingerprint density at radius 2 is 1.83 bits per heavy atom. The Bertz CT molecular complexity index is 888. The molecule has 0 saturated carbocycles. The summed E-state index contributed by atoms with van der Waals surface area (Å²) in [5.74, 6) is 2.47. The van der Waals surface area contributed by atoms with E-state index in [4.69, 9.17) is 14.2 Å². The predicted octanol–water partition coefficient (Wildman–Crippen LogP) is 2.82. The zero-order chi connectivity index (χ0) is 20.1. The molecule has 0 unspecified atom stereocenters. The van der Waals surface area contributed by atoms with E-state index in [0.717, 1.165) is 55.5 Å². The highest BCUT2D eigenvalue weighted by atomic mass is 16.6. The molecule has 2 heterocycles. The minimum Gasteiger partial charge on any atom is -0.497 e. The summed E-state index contributed by atoms with van der Waals surface area (Å²) in [4.78, 5) is 16.8. The average molecular weight is 394 g/mol. The zero-order valence-corrected chi connectivity index (χ0v) is 16.7. The molecule has 2 aromatic rings. The van der Waals surface area contributed by atoms with Crippen molar-refractivity contribution in [3.05, 3.63) is 59.7 Å². The second kappa shape index (κ2) is 9.01. The van der Waals surface area contributed by atoms with Gasteiger partial charge in [0.2, 0.25) is 5.91 Å². The second-order valence-electron chi connectivity index (χ2n) is 7.19. The Morgan fingerprint density at radius 3 is 2.62 bits per heavy atom. The van der Waals surface area contributed by atoms with Gasteiger partial charge in [0.1, 0.15) is 19.0 Å². The molecule has 0 spiro atoms. The van der Waals surface area contributed by atoms with Crippen molar-refractivity contribution in [2.75, 3.05) is 46.5 Å². The Balaban J connectivity index is 1.28. The van der Waals surface area contributed by atoms with Crippen LogP contribution in [-0.2, 0) is 11.3 Å². The van der Waals surface area contributed by atoms with Gasteiger partial charge in [-0.2, -0.15) is 0 Å². The van der Waals surface area contributed by atoms with Gasteiger partial charge in [-0.3, -0.25) is 9.69 Å². The van der Waals surface area contributed by atoms with Gasteiger partial charge in [0.05, 0.1) is 7.11 Å². The van der Waals surface area contributed by atoms with Crippen LogP contribution in [0.2, 0.25) is 0 Å². The predicted molar refractivity (Wildman–Crippen MR) is 111 cm³/mol. The van der Waals surface area contributed by atoms with Gasteiger partial charge in [-0.05, 0) is 41.5 Å².